The maximum atomic E-state index is 11.0. The first kappa shape index (κ1) is 15.3. The van der Waals surface area contributed by atoms with Gasteiger partial charge < -0.3 is 9.53 Å². The van der Waals surface area contributed by atoms with Gasteiger partial charge in [0.25, 0.3) is 0 Å². The molecule has 0 aliphatic rings. The van der Waals surface area contributed by atoms with Crippen LogP contribution in [0.4, 0.5) is 0 Å². The lowest BCUT2D eigenvalue weighted by molar-refractivity contribution is -0.117. The first-order valence-corrected chi connectivity index (χ1v) is 7.41. The summed E-state index contributed by atoms with van der Waals surface area (Å²) in [6.07, 6.45) is 2.52. The number of benzene rings is 2. The van der Waals surface area contributed by atoms with E-state index in [4.69, 9.17) is 4.74 Å². The molecule has 0 amide bonds. The van der Waals surface area contributed by atoms with E-state index in [-0.39, 0.29) is 5.78 Å². The second-order valence-corrected chi connectivity index (χ2v) is 5.42. The Morgan fingerprint density at radius 1 is 1.10 bits per heavy atom. The molecule has 0 saturated heterocycles. The molecule has 0 fully saturated rings. The molecule has 0 spiro atoms. The molecule has 0 atom stereocenters. The van der Waals surface area contributed by atoms with E-state index in [9.17, 15) is 4.79 Å². The van der Waals surface area contributed by atoms with Gasteiger partial charge >= 0.3 is 0 Å². The lowest BCUT2D eigenvalue weighted by Crippen LogP contribution is -1.98. The number of ether oxygens (including phenoxy) is 1. The Labute approximate surface area is 126 Å². The molecule has 0 heterocycles. The number of rotatable bonds is 7. The van der Waals surface area contributed by atoms with Crippen LogP contribution in [0.3, 0.4) is 0 Å². The summed E-state index contributed by atoms with van der Waals surface area (Å²) < 4.78 is 5.82. The Morgan fingerprint density at radius 2 is 1.86 bits per heavy atom. The molecule has 0 saturated carbocycles. The summed E-state index contributed by atoms with van der Waals surface area (Å²) in [6.45, 7) is 4.33. The van der Waals surface area contributed by atoms with Gasteiger partial charge in [-0.3, -0.25) is 0 Å². The van der Waals surface area contributed by atoms with Crippen LogP contribution in [0.15, 0.2) is 48.5 Å². The van der Waals surface area contributed by atoms with Gasteiger partial charge in [-0.05, 0) is 55.5 Å². The predicted octanol–water partition coefficient (Wildman–Crippen LogP) is 4.49. The van der Waals surface area contributed by atoms with Crippen molar-refractivity contribution in [1.29, 1.82) is 0 Å². The second-order valence-electron chi connectivity index (χ2n) is 5.42. The Kier molecular flexibility index (Phi) is 5.56. The highest BCUT2D eigenvalue weighted by atomic mass is 16.5. The highest BCUT2D eigenvalue weighted by Crippen LogP contribution is 2.20. The summed E-state index contributed by atoms with van der Waals surface area (Å²) in [4.78, 5) is 11.0. The molecule has 0 aliphatic heterocycles. The van der Waals surface area contributed by atoms with Gasteiger partial charge in [0.1, 0.15) is 18.1 Å². The topological polar surface area (TPSA) is 26.3 Å². The summed E-state index contributed by atoms with van der Waals surface area (Å²) in [5.41, 5.74) is 3.69. The quantitative estimate of drug-likeness (QED) is 0.748. The Bertz CT molecular complexity index is 588. The van der Waals surface area contributed by atoms with E-state index in [0.29, 0.717) is 13.0 Å². The minimum Gasteiger partial charge on any atom is -0.489 e. The molecule has 21 heavy (non-hydrogen) atoms. The fourth-order valence-corrected chi connectivity index (χ4v) is 2.31. The zero-order valence-electron chi connectivity index (χ0n) is 12.8. The van der Waals surface area contributed by atoms with Crippen LogP contribution >= 0.6 is 0 Å². The average molecular weight is 282 g/mol. The standard InChI is InChI=1S/C19H22O2/c1-15-13-19(21-14-17-8-4-3-5-9-17)12-11-18(15)10-6-7-16(2)20/h3-5,8-9,11-13H,6-7,10,14H2,1-2H3. The van der Waals surface area contributed by atoms with Crippen molar-refractivity contribution < 1.29 is 9.53 Å². The maximum Gasteiger partial charge on any atom is 0.129 e. The molecule has 2 aromatic carbocycles. The van der Waals surface area contributed by atoms with Crippen LogP contribution in [-0.4, -0.2) is 5.78 Å². The van der Waals surface area contributed by atoms with Gasteiger partial charge in [0, 0.05) is 6.42 Å². The first-order valence-electron chi connectivity index (χ1n) is 7.41. The summed E-state index contributed by atoms with van der Waals surface area (Å²) >= 11 is 0. The summed E-state index contributed by atoms with van der Waals surface area (Å²) in [7, 11) is 0. The number of carbonyl (C=O) groups is 1. The van der Waals surface area contributed by atoms with Crippen LogP contribution in [-0.2, 0) is 17.8 Å². The molecule has 0 aromatic heterocycles. The Balaban J connectivity index is 1.91. The number of Topliss-reactive ketones (excluding diaryl/α,β-unsaturated/α-hetero) is 1. The molecule has 2 heteroatoms. The number of hydrogen-bond acceptors (Lipinski definition) is 2. The van der Waals surface area contributed by atoms with Gasteiger partial charge in [-0.1, -0.05) is 36.4 Å². The van der Waals surface area contributed by atoms with Gasteiger partial charge in [-0.2, -0.15) is 0 Å². The largest absolute Gasteiger partial charge is 0.489 e. The normalized spacial score (nSPS) is 10.4. The van der Waals surface area contributed by atoms with Crippen LogP contribution in [0, 0.1) is 6.92 Å². The van der Waals surface area contributed by atoms with Crippen molar-refractivity contribution in [3.05, 3.63) is 65.2 Å². The molecule has 2 aromatic rings. The number of aryl methyl sites for hydroxylation is 2. The van der Waals surface area contributed by atoms with E-state index in [1.54, 1.807) is 6.92 Å². The van der Waals surface area contributed by atoms with Crippen molar-refractivity contribution in [2.24, 2.45) is 0 Å². The van der Waals surface area contributed by atoms with Crippen molar-refractivity contribution in [3.63, 3.8) is 0 Å². The van der Waals surface area contributed by atoms with Crippen LogP contribution in [0.25, 0.3) is 0 Å². The summed E-state index contributed by atoms with van der Waals surface area (Å²) in [5.74, 6) is 1.15. The minimum absolute atomic E-state index is 0.260. The van der Waals surface area contributed by atoms with Gasteiger partial charge in [0.2, 0.25) is 0 Å². The number of carbonyl (C=O) groups excluding carboxylic acids is 1. The van der Waals surface area contributed by atoms with Crippen molar-refractivity contribution >= 4 is 5.78 Å². The summed E-state index contributed by atoms with van der Waals surface area (Å²) in [6, 6.07) is 16.3. The van der Waals surface area contributed by atoms with Crippen LogP contribution in [0.5, 0.6) is 5.75 Å². The molecule has 110 valence electrons. The van der Waals surface area contributed by atoms with Crippen LogP contribution in [0.2, 0.25) is 0 Å². The zero-order valence-corrected chi connectivity index (χ0v) is 12.8. The zero-order chi connectivity index (χ0) is 15.1. The molecule has 0 radical (unpaired) electrons. The van der Waals surface area contributed by atoms with E-state index in [0.717, 1.165) is 18.6 Å². The number of ketones is 1. The molecule has 2 rings (SSSR count). The molecule has 0 bridgehead atoms. The van der Waals surface area contributed by atoms with E-state index in [2.05, 4.69) is 31.2 Å². The highest BCUT2D eigenvalue weighted by Gasteiger charge is 2.03. The monoisotopic (exact) mass is 282 g/mol. The lowest BCUT2D eigenvalue weighted by atomic mass is 10.0. The summed E-state index contributed by atoms with van der Waals surface area (Å²) in [5, 5.41) is 0. The van der Waals surface area contributed by atoms with Crippen molar-refractivity contribution in [1.82, 2.24) is 0 Å². The van der Waals surface area contributed by atoms with E-state index < -0.39 is 0 Å². The fraction of sp³-hybridized carbons (Fsp3) is 0.316. The van der Waals surface area contributed by atoms with Crippen molar-refractivity contribution in [2.75, 3.05) is 0 Å². The first-order chi connectivity index (χ1) is 10.1. The molecule has 2 nitrogen and oxygen atoms in total. The Morgan fingerprint density at radius 3 is 2.52 bits per heavy atom. The average Bonchev–Trinajstić information content (AvgIpc) is 2.48. The van der Waals surface area contributed by atoms with E-state index >= 15 is 0 Å². The van der Waals surface area contributed by atoms with Crippen molar-refractivity contribution in [3.8, 4) is 5.75 Å². The SMILES string of the molecule is CC(=O)CCCc1ccc(OCc2ccccc2)cc1C. The number of hydrogen-bond donors (Lipinski definition) is 0. The van der Waals surface area contributed by atoms with E-state index in [1.807, 2.05) is 24.3 Å². The maximum absolute atomic E-state index is 11.0. The van der Waals surface area contributed by atoms with Crippen molar-refractivity contribution in [2.45, 2.75) is 39.7 Å². The lowest BCUT2D eigenvalue weighted by Gasteiger charge is -2.10. The van der Waals surface area contributed by atoms with Crippen LogP contribution < -0.4 is 4.74 Å². The third-order valence-corrected chi connectivity index (χ3v) is 3.54. The third-order valence-electron chi connectivity index (χ3n) is 3.54. The van der Waals surface area contributed by atoms with Gasteiger partial charge in [-0.25, -0.2) is 0 Å². The van der Waals surface area contributed by atoms with Gasteiger partial charge in [0.05, 0.1) is 0 Å². The molecular weight excluding hydrogens is 260 g/mol. The minimum atomic E-state index is 0.260. The smallest absolute Gasteiger partial charge is 0.129 e. The third kappa shape index (κ3) is 5.07. The highest BCUT2D eigenvalue weighted by molar-refractivity contribution is 5.75. The Hall–Kier alpha value is -2.09. The predicted molar refractivity (Wildman–Crippen MR) is 85.6 cm³/mol. The molecule has 0 N–H and O–H groups in total. The molecule has 0 aliphatic carbocycles. The fourth-order valence-electron chi connectivity index (χ4n) is 2.31. The van der Waals surface area contributed by atoms with Crippen LogP contribution in [0.1, 0.15) is 36.5 Å². The van der Waals surface area contributed by atoms with Gasteiger partial charge in [-0.15, -0.1) is 0 Å². The van der Waals surface area contributed by atoms with E-state index in [1.165, 1.54) is 16.7 Å². The molecule has 0 unspecified atom stereocenters. The molecular formula is C19H22O2. The second kappa shape index (κ2) is 7.63. The van der Waals surface area contributed by atoms with Gasteiger partial charge in [0.15, 0.2) is 0 Å².